The molecule has 0 saturated carbocycles. The van der Waals surface area contributed by atoms with Crippen LogP contribution in [0.4, 0.5) is 11.5 Å². The number of anilines is 2. The summed E-state index contributed by atoms with van der Waals surface area (Å²) in [6.45, 7) is 1.75. The highest BCUT2D eigenvalue weighted by Gasteiger charge is 2.17. The van der Waals surface area contributed by atoms with Crippen molar-refractivity contribution >= 4 is 47.1 Å². The fourth-order valence-electron chi connectivity index (χ4n) is 4.23. The van der Waals surface area contributed by atoms with Crippen LogP contribution in [-0.4, -0.2) is 35.7 Å². The number of ether oxygens (including phenoxy) is 1. The smallest absolute Gasteiger partial charge is 0.272 e. The van der Waals surface area contributed by atoms with Crippen LogP contribution in [0.15, 0.2) is 117 Å². The lowest BCUT2D eigenvalue weighted by molar-refractivity contribution is -0.116. The van der Waals surface area contributed by atoms with Crippen molar-refractivity contribution in [2.45, 2.75) is 18.2 Å². The second-order valence-corrected chi connectivity index (χ2v) is 10.9. The first-order valence-corrected chi connectivity index (χ1v) is 15.0. The monoisotopic (exact) mass is 622 g/mol. The van der Waals surface area contributed by atoms with E-state index in [-0.39, 0.29) is 18.0 Å². The number of aryl methyl sites for hydroxylation is 1. The average Bonchev–Trinajstić information content (AvgIpc) is 3.70. The number of furan rings is 1. The minimum absolute atomic E-state index is 0.00319. The Hall–Kier alpha value is -5.55. The predicted molar refractivity (Wildman–Crippen MR) is 173 cm³/mol. The van der Waals surface area contributed by atoms with Gasteiger partial charge in [0, 0.05) is 40.5 Å². The third-order valence-electron chi connectivity index (χ3n) is 6.42. The summed E-state index contributed by atoms with van der Waals surface area (Å²) in [5.41, 5.74) is 1.67. The zero-order valence-electron chi connectivity index (χ0n) is 24.5. The van der Waals surface area contributed by atoms with Crippen molar-refractivity contribution in [1.29, 1.82) is 0 Å². The first kappa shape index (κ1) is 30.9. The van der Waals surface area contributed by atoms with Gasteiger partial charge in [-0.05, 0) is 67.6 Å². The Kier molecular flexibility index (Phi) is 10.1. The van der Waals surface area contributed by atoms with Crippen LogP contribution in [0, 0.1) is 6.92 Å². The summed E-state index contributed by atoms with van der Waals surface area (Å²) < 4.78 is 16.4. The Morgan fingerprint density at radius 1 is 0.911 bits per heavy atom. The second-order valence-electron chi connectivity index (χ2n) is 9.73. The van der Waals surface area contributed by atoms with Gasteiger partial charge in [0.15, 0.2) is 5.82 Å². The van der Waals surface area contributed by atoms with Gasteiger partial charge in [0.2, 0.25) is 5.91 Å². The van der Waals surface area contributed by atoms with Gasteiger partial charge >= 0.3 is 0 Å². The number of carbonyl (C=O) groups excluding carboxylic acids is 3. The quantitative estimate of drug-likeness (QED) is 0.102. The third-order valence-corrected chi connectivity index (χ3v) is 7.43. The first-order valence-electron chi connectivity index (χ1n) is 14.0. The summed E-state index contributed by atoms with van der Waals surface area (Å²) in [5, 5.41) is 12.0. The Morgan fingerprint density at radius 3 is 2.40 bits per heavy atom. The number of hydrogen-bond acceptors (Lipinski definition) is 8. The number of benzene rings is 3. The molecule has 10 nitrogen and oxygen atoms in total. The van der Waals surface area contributed by atoms with Crippen LogP contribution in [0.5, 0.6) is 5.75 Å². The van der Waals surface area contributed by atoms with Crippen molar-refractivity contribution in [2.24, 2.45) is 0 Å². The largest absolute Gasteiger partial charge is 0.496 e. The standard InChI is InChI=1S/C34H30N4O6S/c1-22-20-31(38-44-22)37-32(39)18-19-45-26-15-12-24(13-16-26)35-34(41)28(36-33(40)23-8-4-3-5-9-23)21-25-14-17-30(43-25)27-10-6-7-11-29(27)42-2/h3-17,20-21H,18-19H2,1-2H3,(H,35,41)(H,36,40)(H,37,38,39)/b28-21+. The molecular weight excluding hydrogens is 592 g/mol. The molecule has 3 aromatic carbocycles. The summed E-state index contributed by atoms with van der Waals surface area (Å²) in [5.74, 6) is 1.97. The topological polar surface area (TPSA) is 136 Å². The molecule has 0 fully saturated rings. The number of methoxy groups -OCH3 is 1. The van der Waals surface area contributed by atoms with Gasteiger partial charge in [0.05, 0.1) is 12.7 Å². The van der Waals surface area contributed by atoms with Gasteiger partial charge in [0.1, 0.15) is 28.7 Å². The third kappa shape index (κ3) is 8.52. The molecule has 5 aromatic rings. The number of carbonyl (C=O) groups is 3. The van der Waals surface area contributed by atoms with Crippen LogP contribution in [-0.2, 0) is 9.59 Å². The molecule has 3 N–H and O–H groups in total. The molecule has 228 valence electrons. The van der Waals surface area contributed by atoms with E-state index in [9.17, 15) is 14.4 Å². The number of para-hydroxylation sites is 1. The van der Waals surface area contributed by atoms with Crippen molar-refractivity contribution < 1.29 is 28.1 Å². The van der Waals surface area contributed by atoms with Crippen molar-refractivity contribution in [3.8, 4) is 17.1 Å². The van der Waals surface area contributed by atoms with E-state index >= 15 is 0 Å². The van der Waals surface area contributed by atoms with Crippen LogP contribution < -0.4 is 20.7 Å². The van der Waals surface area contributed by atoms with Crippen molar-refractivity contribution in [2.75, 3.05) is 23.5 Å². The minimum Gasteiger partial charge on any atom is -0.496 e. The van der Waals surface area contributed by atoms with E-state index in [1.807, 2.05) is 36.4 Å². The van der Waals surface area contributed by atoms with E-state index in [1.165, 1.54) is 17.8 Å². The van der Waals surface area contributed by atoms with Gasteiger partial charge < -0.3 is 29.6 Å². The molecule has 2 heterocycles. The summed E-state index contributed by atoms with van der Waals surface area (Å²) in [4.78, 5) is 39.5. The number of amides is 3. The molecule has 3 amide bonds. The molecule has 45 heavy (non-hydrogen) atoms. The number of aromatic nitrogens is 1. The maximum Gasteiger partial charge on any atom is 0.272 e. The summed E-state index contributed by atoms with van der Waals surface area (Å²) in [7, 11) is 1.58. The van der Waals surface area contributed by atoms with Gasteiger partial charge in [-0.3, -0.25) is 14.4 Å². The second kappa shape index (κ2) is 14.8. The predicted octanol–water partition coefficient (Wildman–Crippen LogP) is 6.78. The number of nitrogens with one attached hydrogen (secondary N) is 3. The maximum atomic E-state index is 13.4. The van der Waals surface area contributed by atoms with Crippen molar-refractivity contribution in [3.05, 3.63) is 120 Å². The highest BCUT2D eigenvalue weighted by Crippen LogP contribution is 2.31. The van der Waals surface area contributed by atoms with E-state index in [4.69, 9.17) is 13.7 Å². The van der Waals surface area contributed by atoms with Gasteiger partial charge in [-0.2, -0.15) is 0 Å². The molecule has 0 unspecified atom stereocenters. The Morgan fingerprint density at radius 2 is 1.67 bits per heavy atom. The van der Waals surface area contributed by atoms with Gasteiger partial charge in [-0.25, -0.2) is 0 Å². The number of rotatable bonds is 12. The average molecular weight is 623 g/mol. The lowest BCUT2D eigenvalue weighted by Crippen LogP contribution is -2.30. The van der Waals surface area contributed by atoms with E-state index in [1.54, 1.807) is 74.7 Å². The lowest BCUT2D eigenvalue weighted by atomic mass is 10.1. The molecule has 0 saturated heterocycles. The maximum absolute atomic E-state index is 13.4. The molecule has 0 aliphatic carbocycles. The molecule has 0 spiro atoms. The normalized spacial score (nSPS) is 11.1. The SMILES string of the molecule is COc1ccccc1-c1ccc(/C=C(/NC(=O)c2ccccc2)C(=O)Nc2ccc(SCCC(=O)Nc3cc(C)on3)cc2)o1. The molecular formula is C34H30N4O6S. The number of nitrogens with zero attached hydrogens (tertiary/aromatic N) is 1. The van der Waals surface area contributed by atoms with Gasteiger partial charge in [0.25, 0.3) is 11.8 Å². The van der Waals surface area contributed by atoms with Crippen molar-refractivity contribution in [3.63, 3.8) is 0 Å². The van der Waals surface area contributed by atoms with Gasteiger partial charge in [-0.15, -0.1) is 11.8 Å². The number of thioether (sulfide) groups is 1. The van der Waals surface area contributed by atoms with E-state index in [2.05, 4.69) is 21.1 Å². The molecule has 0 bridgehead atoms. The van der Waals surface area contributed by atoms with Crippen LogP contribution in [0.1, 0.15) is 28.3 Å². The molecule has 2 aromatic heterocycles. The zero-order chi connectivity index (χ0) is 31.6. The Bertz CT molecular complexity index is 1810. The van der Waals surface area contributed by atoms with E-state index in [0.29, 0.717) is 45.9 Å². The highest BCUT2D eigenvalue weighted by atomic mass is 32.2. The molecule has 0 atom stereocenters. The van der Waals surface area contributed by atoms with Crippen LogP contribution in [0.25, 0.3) is 17.4 Å². The Labute approximate surface area is 263 Å². The molecule has 11 heteroatoms. The minimum atomic E-state index is -0.533. The summed E-state index contributed by atoms with van der Waals surface area (Å²) >= 11 is 1.50. The zero-order valence-corrected chi connectivity index (χ0v) is 25.4. The molecule has 5 rings (SSSR count). The van der Waals surface area contributed by atoms with E-state index < -0.39 is 11.8 Å². The van der Waals surface area contributed by atoms with E-state index in [0.717, 1.165) is 10.5 Å². The fourth-order valence-corrected chi connectivity index (χ4v) is 5.08. The number of hydrogen-bond donors (Lipinski definition) is 3. The van der Waals surface area contributed by atoms with Crippen LogP contribution in [0.2, 0.25) is 0 Å². The highest BCUT2D eigenvalue weighted by molar-refractivity contribution is 7.99. The molecule has 0 aliphatic heterocycles. The first-order chi connectivity index (χ1) is 21.9. The molecule has 0 aliphatic rings. The van der Waals surface area contributed by atoms with Crippen LogP contribution >= 0.6 is 11.8 Å². The Balaban J connectivity index is 1.25. The van der Waals surface area contributed by atoms with Gasteiger partial charge in [-0.1, -0.05) is 35.5 Å². The summed E-state index contributed by atoms with van der Waals surface area (Å²) in [6, 6.07) is 28.4. The van der Waals surface area contributed by atoms with Crippen LogP contribution in [0.3, 0.4) is 0 Å². The van der Waals surface area contributed by atoms with Crippen molar-refractivity contribution in [1.82, 2.24) is 10.5 Å². The summed E-state index contributed by atoms with van der Waals surface area (Å²) in [6.07, 6.45) is 1.76. The fraction of sp³-hybridized carbons (Fsp3) is 0.118. The molecule has 0 radical (unpaired) electrons. The lowest BCUT2D eigenvalue weighted by Gasteiger charge is -2.11.